The minimum Gasteiger partial charge on any atom is -0.356 e. The summed E-state index contributed by atoms with van der Waals surface area (Å²) in [7, 11) is 0. The molecule has 1 aromatic carbocycles. The van der Waals surface area contributed by atoms with Crippen LogP contribution in [0.2, 0.25) is 5.02 Å². The number of carbonyl (C=O) groups excluding carboxylic acids is 1. The van der Waals surface area contributed by atoms with E-state index in [1.54, 1.807) is 24.4 Å². The van der Waals surface area contributed by atoms with Gasteiger partial charge >= 0.3 is 0 Å². The largest absolute Gasteiger partial charge is 0.356 e. The van der Waals surface area contributed by atoms with Crippen molar-refractivity contribution in [2.75, 3.05) is 0 Å². The quantitative estimate of drug-likeness (QED) is 0.781. The minimum atomic E-state index is -0.133. The molecule has 0 fully saturated rings. The summed E-state index contributed by atoms with van der Waals surface area (Å²) in [5.41, 5.74) is 2.25. The van der Waals surface area contributed by atoms with E-state index in [-0.39, 0.29) is 12.3 Å². The maximum atomic E-state index is 11.9. The van der Waals surface area contributed by atoms with Crippen molar-refractivity contribution >= 4 is 17.5 Å². The average molecular weight is 328 g/mol. The first kappa shape index (κ1) is 15.2. The van der Waals surface area contributed by atoms with Crippen molar-refractivity contribution < 1.29 is 9.32 Å². The molecule has 1 N–H and O–H groups in total. The molecule has 0 atom stereocenters. The Morgan fingerprint density at radius 3 is 2.70 bits per heavy atom. The van der Waals surface area contributed by atoms with Crippen LogP contribution in [0.25, 0.3) is 11.3 Å². The third kappa shape index (κ3) is 4.17. The molecule has 23 heavy (non-hydrogen) atoms. The summed E-state index contributed by atoms with van der Waals surface area (Å²) >= 11 is 5.85. The van der Waals surface area contributed by atoms with Crippen molar-refractivity contribution in [2.45, 2.75) is 13.0 Å². The van der Waals surface area contributed by atoms with Crippen LogP contribution >= 0.6 is 11.6 Å². The molecule has 1 amide bonds. The summed E-state index contributed by atoms with van der Waals surface area (Å²) in [5, 5.41) is 7.38. The zero-order valence-electron chi connectivity index (χ0n) is 12.2. The number of carbonyl (C=O) groups is 1. The van der Waals surface area contributed by atoms with Gasteiger partial charge in [0, 0.05) is 22.8 Å². The van der Waals surface area contributed by atoms with E-state index in [0.717, 1.165) is 11.3 Å². The van der Waals surface area contributed by atoms with Gasteiger partial charge < -0.3 is 9.84 Å². The van der Waals surface area contributed by atoms with Gasteiger partial charge in [-0.3, -0.25) is 9.78 Å². The Morgan fingerprint density at radius 1 is 1.13 bits per heavy atom. The molecule has 0 aliphatic carbocycles. The SMILES string of the molecule is O=C(Cc1cc(-c2ccc(Cl)cc2)on1)NCc1ccccn1. The number of nitrogens with one attached hydrogen (secondary N) is 1. The number of pyridine rings is 1. The van der Waals surface area contributed by atoms with Crippen molar-refractivity contribution in [1.29, 1.82) is 0 Å². The molecular formula is C17H14ClN3O2. The lowest BCUT2D eigenvalue weighted by molar-refractivity contribution is -0.120. The number of halogens is 1. The zero-order chi connectivity index (χ0) is 16.1. The molecule has 2 aromatic heterocycles. The Hall–Kier alpha value is -2.66. The molecule has 0 aliphatic rings. The van der Waals surface area contributed by atoms with Crippen molar-refractivity contribution in [2.24, 2.45) is 0 Å². The maximum absolute atomic E-state index is 11.9. The highest BCUT2D eigenvalue weighted by molar-refractivity contribution is 6.30. The Bertz CT molecular complexity index is 785. The molecular weight excluding hydrogens is 314 g/mol. The fourth-order valence-corrected chi connectivity index (χ4v) is 2.19. The maximum Gasteiger partial charge on any atom is 0.226 e. The van der Waals surface area contributed by atoms with Crippen LogP contribution in [-0.2, 0) is 17.8 Å². The van der Waals surface area contributed by atoms with Gasteiger partial charge in [0.2, 0.25) is 5.91 Å². The van der Waals surface area contributed by atoms with Crippen LogP contribution in [0.1, 0.15) is 11.4 Å². The van der Waals surface area contributed by atoms with Gasteiger partial charge in [-0.25, -0.2) is 0 Å². The van der Waals surface area contributed by atoms with Crippen molar-refractivity contribution in [3.63, 3.8) is 0 Å². The van der Waals surface area contributed by atoms with Crippen LogP contribution in [-0.4, -0.2) is 16.0 Å². The summed E-state index contributed by atoms with van der Waals surface area (Å²) in [6.45, 7) is 0.390. The lowest BCUT2D eigenvalue weighted by Crippen LogP contribution is -2.25. The smallest absolute Gasteiger partial charge is 0.226 e. The summed E-state index contributed by atoms with van der Waals surface area (Å²) in [6, 6.07) is 14.6. The van der Waals surface area contributed by atoms with Crippen LogP contribution in [0.15, 0.2) is 59.3 Å². The van der Waals surface area contributed by atoms with Crippen LogP contribution in [0.3, 0.4) is 0 Å². The van der Waals surface area contributed by atoms with E-state index in [9.17, 15) is 4.79 Å². The first-order valence-corrected chi connectivity index (χ1v) is 7.46. The Labute approximate surface area is 138 Å². The molecule has 0 aliphatic heterocycles. The third-order valence-corrected chi connectivity index (χ3v) is 3.47. The van der Waals surface area contributed by atoms with Crippen LogP contribution in [0, 0.1) is 0 Å². The Balaban J connectivity index is 1.58. The summed E-state index contributed by atoms with van der Waals surface area (Å²) in [5.74, 6) is 0.473. The highest BCUT2D eigenvalue weighted by Gasteiger charge is 2.10. The van der Waals surface area contributed by atoms with Gasteiger partial charge in [-0.1, -0.05) is 22.8 Å². The number of hydrogen-bond acceptors (Lipinski definition) is 4. The standard InChI is InChI=1S/C17H14ClN3O2/c18-13-6-4-12(5-7-13)16-9-15(21-23-16)10-17(22)20-11-14-3-1-2-8-19-14/h1-9H,10-11H2,(H,20,22). The molecule has 0 saturated carbocycles. The van der Waals surface area contributed by atoms with Crippen molar-refractivity contribution in [3.8, 4) is 11.3 Å². The van der Waals surface area contributed by atoms with Gasteiger partial charge in [-0.15, -0.1) is 0 Å². The Kier molecular flexibility index (Phi) is 4.68. The van der Waals surface area contributed by atoms with Gasteiger partial charge in [0.05, 0.1) is 24.4 Å². The first-order chi connectivity index (χ1) is 11.2. The molecule has 3 aromatic rings. The third-order valence-electron chi connectivity index (χ3n) is 3.22. The number of aromatic nitrogens is 2. The Morgan fingerprint density at radius 2 is 1.96 bits per heavy atom. The molecule has 0 spiro atoms. The number of benzene rings is 1. The van der Waals surface area contributed by atoms with Crippen LogP contribution < -0.4 is 5.32 Å². The van der Waals surface area contributed by atoms with E-state index in [4.69, 9.17) is 16.1 Å². The monoisotopic (exact) mass is 327 g/mol. The molecule has 0 saturated heterocycles. The topological polar surface area (TPSA) is 68.0 Å². The molecule has 116 valence electrons. The lowest BCUT2D eigenvalue weighted by atomic mass is 10.1. The summed E-state index contributed by atoms with van der Waals surface area (Å²) in [4.78, 5) is 16.1. The molecule has 2 heterocycles. The highest BCUT2D eigenvalue weighted by atomic mass is 35.5. The summed E-state index contributed by atoms with van der Waals surface area (Å²) in [6.07, 6.45) is 1.85. The number of hydrogen-bond donors (Lipinski definition) is 1. The second-order valence-electron chi connectivity index (χ2n) is 4.96. The van der Waals surface area contributed by atoms with E-state index in [2.05, 4.69) is 15.5 Å². The number of rotatable bonds is 5. The van der Waals surface area contributed by atoms with E-state index in [0.29, 0.717) is 23.0 Å². The van der Waals surface area contributed by atoms with Gasteiger partial charge in [-0.2, -0.15) is 0 Å². The zero-order valence-corrected chi connectivity index (χ0v) is 13.0. The predicted molar refractivity (Wildman–Crippen MR) is 86.7 cm³/mol. The average Bonchev–Trinajstić information content (AvgIpc) is 3.03. The normalized spacial score (nSPS) is 10.5. The van der Waals surface area contributed by atoms with Gasteiger partial charge in [0.1, 0.15) is 0 Å². The van der Waals surface area contributed by atoms with Crippen molar-refractivity contribution in [3.05, 3.63) is 71.1 Å². The van der Waals surface area contributed by atoms with Crippen LogP contribution in [0.4, 0.5) is 0 Å². The number of amides is 1. The van der Waals surface area contributed by atoms with E-state index < -0.39 is 0 Å². The minimum absolute atomic E-state index is 0.133. The van der Waals surface area contributed by atoms with Gasteiger partial charge in [0.15, 0.2) is 5.76 Å². The number of nitrogens with zero attached hydrogens (tertiary/aromatic N) is 2. The fraction of sp³-hybridized carbons (Fsp3) is 0.118. The lowest BCUT2D eigenvalue weighted by Gasteiger charge is -2.02. The van der Waals surface area contributed by atoms with Crippen molar-refractivity contribution in [1.82, 2.24) is 15.5 Å². The predicted octanol–water partition coefficient (Wildman–Crippen LogP) is 3.25. The van der Waals surface area contributed by atoms with E-state index in [1.165, 1.54) is 0 Å². The van der Waals surface area contributed by atoms with Crippen LogP contribution in [0.5, 0.6) is 0 Å². The second-order valence-corrected chi connectivity index (χ2v) is 5.40. The van der Waals surface area contributed by atoms with E-state index >= 15 is 0 Å². The molecule has 0 radical (unpaired) electrons. The van der Waals surface area contributed by atoms with Gasteiger partial charge in [-0.05, 0) is 36.4 Å². The fourth-order valence-electron chi connectivity index (χ4n) is 2.06. The van der Waals surface area contributed by atoms with E-state index in [1.807, 2.05) is 30.3 Å². The van der Waals surface area contributed by atoms with Gasteiger partial charge in [0.25, 0.3) is 0 Å². The molecule has 6 heteroatoms. The molecule has 5 nitrogen and oxygen atoms in total. The first-order valence-electron chi connectivity index (χ1n) is 7.09. The molecule has 0 bridgehead atoms. The highest BCUT2D eigenvalue weighted by Crippen LogP contribution is 2.22. The second kappa shape index (κ2) is 7.07. The molecule has 3 rings (SSSR count). The summed E-state index contributed by atoms with van der Waals surface area (Å²) < 4.78 is 5.27. The molecule has 0 unspecified atom stereocenters.